The van der Waals surface area contributed by atoms with Crippen LogP contribution in [-0.2, 0) is 16.4 Å². The van der Waals surface area contributed by atoms with Crippen LogP contribution in [0.5, 0.6) is 0 Å². The third-order valence-corrected chi connectivity index (χ3v) is 6.70. The molecule has 0 radical (unpaired) electrons. The number of hydrogen-bond donors (Lipinski definition) is 1. The third-order valence-electron chi connectivity index (χ3n) is 4.01. The minimum Gasteiger partial charge on any atom is -0.356 e. The average Bonchev–Trinajstić information content (AvgIpc) is 3.42. The lowest BCUT2D eigenvalue weighted by atomic mass is 10.1. The van der Waals surface area contributed by atoms with Crippen LogP contribution in [-0.4, -0.2) is 23.7 Å². The van der Waals surface area contributed by atoms with Crippen molar-refractivity contribution in [3.63, 3.8) is 0 Å². The highest BCUT2D eigenvalue weighted by Gasteiger charge is 2.22. The van der Waals surface area contributed by atoms with Crippen molar-refractivity contribution in [3.8, 4) is 22.0 Å². The zero-order valence-corrected chi connectivity index (χ0v) is 16.7. The maximum atomic E-state index is 12.8. The largest absolute Gasteiger partial charge is 0.356 e. The Morgan fingerprint density at radius 1 is 1.14 bits per heavy atom. The zero-order chi connectivity index (χ0) is 19.7. The molecule has 0 unspecified atom stereocenters. The number of aromatic nitrogens is 3. The summed E-state index contributed by atoms with van der Waals surface area (Å²) in [6, 6.07) is 10.2. The average molecular weight is 416 g/mol. The lowest BCUT2D eigenvalue weighted by Gasteiger charge is -2.08. The van der Waals surface area contributed by atoms with Crippen molar-refractivity contribution in [2.45, 2.75) is 25.2 Å². The zero-order valence-electron chi connectivity index (χ0n) is 15.0. The van der Waals surface area contributed by atoms with E-state index in [1.807, 2.05) is 6.92 Å². The number of benzene rings is 1. The van der Waals surface area contributed by atoms with E-state index in [4.69, 9.17) is 9.05 Å². The Morgan fingerprint density at radius 2 is 1.93 bits per heavy atom. The quantitative estimate of drug-likeness (QED) is 0.503. The molecule has 0 aliphatic rings. The van der Waals surface area contributed by atoms with Gasteiger partial charge in [-0.25, -0.2) is 8.42 Å². The number of sulfonamides is 1. The number of anilines is 1. The second-order valence-electron chi connectivity index (χ2n) is 5.96. The number of nitrogens with zero attached hydrogens (tertiary/aromatic N) is 3. The Balaban J connectivity index is 1.58. The molecule has 3 heterocycles. The van der Waals surface area contributed by atoms with Crippen LogP contribution in [0.25, 0.3) is 22.0 Å². The SMILES string of the molecule is CCc1nc(-c2cc(S(=O)(=O)Nc3ccc(-c4ccno4)cc3)c(C)s2)no1. The molecule has 0 aliphatic carbocycles. The fourth-order valence-corrected chi connectivity index (χ4v) is 5.20. The fraction of sp³-hybridized carbons (Fsp3) is 0.167. The first-order chi connectivity index (χ1) is 13.5. The van der Waals surface area contributed by atoms with E-state index in [0.717, 1.165) is 5.56 Å². The van der Waals surface area contributed by atoms with E-state index in [9.17, 15) is 8.42 Å². The molecular formula is C18H16N4O4S2. The van der Waals surface area contributed by atoms with E-state index < -0.39 is 10.0 Å². The fourth-order valence-electron chi connectivity index (χ4n) is 2.62. The first kappa shape index (κ1) is 18.4. The van der Waals surface area contributed by atoms with Crippen molar-refractivity contribution in [2.24, 2.45) is 0 Å². The molecule has 1 N–H and O–H groups in total. The Kier molecular flexibility index (Phi) is 4.73. The summed E-state index contributed by atoms with van der Waals surface area (Å²) in [6.07, 6.45) is 2.17. The minimum absolute atomic E-state index is 0.189. The van der Waals surface area contributed by atoms with Crippen LogP contribution in [0.15, 0.2) is 56.5 Å². The molecule has 4 rings (SSSR count). The predicted octanol–water partition coefficient (Wildman–Crippen LogP) is 4.12. The number of aryl methyl sites for hydroxylation is 2. The van der Waals surface area contributed by atoms with Gasteiger partial charge in [0.2, 0.25) is 11.7 Å². The minimum atomic E-state index is -3.76. The van der Waals surface area contributed by atoms with Gasteiger partial charge in [0.15, 0.2) is 5.76 Å². The van der Waals surface area contributed by atoms with Crippen LogP contribution in [0, 0.1) is 6.92 Å². The van der Waals surface area contributed by atoms with E-state index >= 15 is 0 Å². The number of rotatable bonds is 6. The summed E-state index contributed by atoms with van der Waals surface area (Å²) in [5.41, 5.74) is 1.25. The Morgan fingerprint density at radius 3 is 2.57 bits per heavy atom. The Hall–Kier alpha value is -2.98. The molecule has 0 bridgehead atoms. The van der Waals surface area contributed by atoms with E-state index in [-0.39, 0.29) is 4.90 Å². The normalized spacial score (nSPS) is 11.6. The van der Waals surface area contributed by atoms with Crippen LogP contribution in [0.3, 0.4) is 0 Å². The molecule has 0 atom stereocenters. The molecule has 0 amide bonds. The van der Waals surface area contributed by atoms with Crippen molar-refractivity contribution in [1.82, 2.24) is 15.3 Å². The van der Waals surface area contributed by atoms with Gasteiger partial charge in [0.25, 0.3) is 10.0 Å². The standard InChI is InChI=1S/C18H16N4O4S2/c1-3-17-20-18(21-26-17)15-10-16(11(2)27-15)28(23,24)22-13-6-4-12(5-7-13)14-8-9-19-25-14/h4-10,22H,3H2,1-2H3. The Labute approximate surface area is 165 Å². The van der Waals surface area contributed by atoms with Crippen molar-refractivity contribution < 1.29 is 17.5 Å². The van der Waals surface area contributed by atoms with Crippen LogP contribution < -0.4 is 4.72 Å². The molecular weight excluding hydrogens is 400 g/mol. The second-order valence-corrected chi connectivity index (χ2v) is 8.86. The van der Waals surface area contributed by atoms with Gasteiger partial charge in [-0.1, -0.05) is 17.2 Å². The molecule has 144 valence electrons. The van der Waals surface area contributed by atoms with Gasteiger partial charge >= 0.3 is 0 Å². The maximum absolute atomic E-state index is 12.8. The van der Waals surface area contributed by atoms with Crippen LogP contribution in [0.1, 0.15) is 17.7 Å². The molecule has 10 heteroatoms. The number of thiophene rings is 1. The summed E-state index contributed by atoms with van der Waals surface area (Å²) in [5, 5.41) is 7.57. The molecule has 28 heavy (non-hydrogen) atoms. The molecule has 0 fully saturated rings. The van der Waals surface area contributed by atoms with Crippen LogP contribution in [0.4, 0.5) is 5.69 Å². The highest BCUT2D eigenvalue weighted by Crippen LogP contribution is 2.33. The van der Waals surface area contributed by atoms with Crippen LogP contribution >= 0.6 is 11.3 Å². The van der Waals surface area contributed by atoms with Crippen molar-refractivity contribution in [2.75, 3.05) is 4.72 Å². The van der Waals surface area contributed by atoms with E-state index in [2.05, 4.69) is 20.0 Å². The van der Waals surface area contributed by atoms with E-state index in [1.165, 1.54) is 11.3 Å². The summed E-state index contributed by atoms with van der Waals surface area (Å²) < 4.78 is 38.5. The molecule has 0 spiro atoms. The van der Waals surface area contributed by atoms with E-state index in [1.54, 1.807) is 49.5 Å². The molecule has 3 aromatic heterocycles. The number of nitrogens with one attached hydrogen (secondary N) is 1. The van der Waals surface area contributed by atoms with Gasteiger partial charge in [0.05, 0.1) is 11.1 Å². The molecule has 8 nitrogen and oxygen atoms in total. The molecule has 1 aromatic carbocycles. The summed E-state index contributed by atoms with van der Waals surface area (Å²) in [5.74, 6) is 1.51. The third kappa shape index (κ3) is 3.56. The summed E-state index contributed by atoms with van der Waals surface area (Å²) >= 11 is 1.31. The van der Waals surface area contributed by atoms with Gasteiger partial charge in [-0.3, -0.25) is 4.72 Å². The van der Waals surface area contributed by atoms with E-state index in [0.29, 0.717) is 39.3 Å². The maximum Gasteiger partial charge on any atom is 0.263 e. The Bertz CT molecular complexity index is 1190. The first-order valence-electron chi connectivity index (χ1n) is 8.43. The lowest BCUT2D eigenvalue weighted by molar-refractivity contribution is 0.383. The highest BCUT2D eigenvalue weighted by molar-refractivity contribution is 7.93. The highest BCUT2D eigenvalue weighted by atomic mass is 32.2. The second kappa shape index (κ2) is 7.21. The van der Waals surface area contributed by atoms with Gasteiger partial charge in [0.1, 0.15) is 4.90 Å². The first-order valence-corrected chi connectivity index (χ1v) is 10.7. The monoisotopic (exact) mass is 416 g/mol. The van der Waals surface area contributed by atoms with Gasteiger partial charge < -0.3 is 9.05 Å². The van der Waals surface area contributed by atoms with Crippen LogP contribution in [0.2, 0.25) is 0 Å². The molecule has 0 aliphatic heterocycles. The molecule has 0 saturated carbocycles. The van der Waals surface area contributed by atoms with Crippen molar-refractivity contribution in [3.05, 3.63) is 53.4 Å². The summed E-state index contributed by atoms with van der Waals surface area (Å²) in [4.78, 5) is 5.73. The van der Waals surface area contributed by atoms with Gasteiger partial charge in [-0.05, 0) is 37.3 Å². The van der Waals surface area contributed by atoms with Gasteiger partial charge in [0, 0.05) is 28.6 Å². The van der Waals surface area contributed by atoms with Gasteiger partial charge in [-0.15, -0.1) is 11.3 Å². The summed E-state index contributed by atoms with van der Waals surface area (Å²) in [6.45, 7) is 3.65. The molecule has 0 saturated heterocycles. The topological polar surface area (TPSA) is 111 Å². The summed E-state index contributed by atoms with van der Waals surface area (Å²) in [7, 11) is -3.76. The van der Waals surface area contributed by atoms with Crippen molar-refractivity contribution >= 4 is 27.0 Å². The van der Waals surface area contributed by atoms with Crippen molar-refractivity contribution in [1.29, 1.82) is 0 Å². The smallest absolute Gasteiger partial charge is 0.263 e. The lowest BCUT2D eigenvalue weighted by Crippen LogP contribution is -2.13. The predicted molar refractivity (Wildman–Crippen MR) is 104 cm³/mol. The number of hydrogen-bond acceptors (Lipinski definition) is 8. The molecule has 4 aromatic rings. The van der Waals surface area contributed by atoms with Gasteiger partial charge in [-0.2, -0.15) is 4.98 Å².